The van der Waals surface area contributed by atoms with Crippen LogP contribution in [0.5, 0.6) is 0 Å². The Labute approximate surface area is 89.1 Å². The van der Waals surface area contributed by atoms with Crippen molar-refractivity contribution in [3.8, 4) is 0 Å². The average molecular weight is 208 g/mol. The summed E-state index contributed by atoms with van der Waals surface area (Å²) < 4.78 is 0. The molecular formula is C11H16N2O2. The van der Waals surface area contributed by atoms with Crippen LogP contribution in [0, 0.1) is 6.92 Å². The molecule has 0 heterocycles. The van der Waals surface area contributed by atoms with E-state index >= 15 is 0 Å². The van der Waals surface area contributed by atoms with Crippen LogP contribution in [-0.4, -0.2) is 23.7 Å². The van der Waals surface area contributed by atoms with Gasteiger partial charge in [-0.15, -0.1) is 0 Å². The van der Waals surface area contributed by atoms with Gasteiger partial charge < -0.3 is 16.2 Å². The molecule has 0 radical (unpaired) electrons. The van der Waals surface area contributed by atoms with Gasteiger partial charge in [0.2, 0.25) is 5.91 Å². The summed E-state index contributed by atoms with van der Waals surface area (Å²) >= 11 is 0. The first-order valence-electron chi connectivity index (χ1n) is 4.84. The minimum atomic E-state index is -0.839. The summed E-state index contributed by atoms with van der Waals surface area (Å²) in [5.41, 5.74) is 7.53. The van der Waals surface area contributed by atoms with Crippen LogP contribution < -0.4 is 11.1 Å². The maximum atomic E-state index is 11.3. The molecule has 82 valence electrons. The molecule has 0 aliphatic rings. The molecule has 1 aromatic carbocycles. The number of rotatable bonds is 4. The second-order valence-electron chi connectivity index (χ2n) is 3.43. The Morgan fingerprint density at radius 1 is 1.53 bits per heavy atom. The van der Waals surface area contributed by atoms with Crippen LogP contribution in [0.15, 0.2) is 24.3 Å². The molecule has 0 unspecified atom stereocenters. The van der Waals surface area contributed by atoms with Crippen LogP contribution >= 0.6 is 0 Å². The van der Waals surface area contributed by atoms with Gasteiger partial charge in [-0.05, 0) is 18.1 Å². The van der Waals surface area contributed by atoms with E-state index in [-0.39, 0.29) is 12.5 Å². The molecule has 4 heteroatoms. The highest BCUT2D eigenvalue weighted by Gasteiger charge is 2.11. The van der Waals surface area contributed by atoms with Gasteiger partial charge in [0.15, 0.2) is 0 Å². The van der Waals surface area contributed by atoms with Crippen molar-refractivity contribution in [1.29, 1.82) is 0 Å². The Kier molecular flexibility index (Phi) is 4.27. The van der Waals surface area contributed by atoms with Crippen LogP contribution in [0.2, 0.25) is 0 Å². The molecule has 0 aliphatic carbocycles. The van der Waals surface area contributed by atoms with Crippen molar-refractivity contribution in [2.24, 2.45) is 5.73 Å². The number of benzene rings is 1. The molecule has 0 fully saturated rings. The number of hydrogen-bond donors (Lipinski definition) is 3. The molecule has 0 saturated heterocycles. The summed E-state index contributed by atoms with van der Waals surface area (Å²) in [6.07, 6.45) is 0. The second-order valence-corrected chi connectivity index (χ2v) is 3.43. The highest BCUT2D eigenvalue weighted by Crippen LogP contribution is 2.05. The molecule has 1 amide bonds. The Morgan fingerprint density at radius 3 is 2.80 bits per heavy atom. The van der Waals surface area contributed by atoms with Crippen LogP contribution in [-0.2, 0) is 11.3 Å². The Bertz CT molecular complexity index is 339. The maximum Gasteiger partial charge on any atom is 0.239 e. The van der Waals surface area contributed by atoms with Crippen molar-refractivity contribution in [2.45, 2.75) is 19.5 Å². The van der Waals surface area contributed by atoms with E-state index in [0.717, 1.165) is 11.1 Å². The van der Waals surface area contributed by atoms with Crippen molar-refractivity contribution < 1.29 is 9.90 Å². The molecular weight excluding hydrogens is 192 g/mol. The third-order valence-corrected chi connectivity index (χ3v) is 2.25. The lowest BCUT2D eigenvalue weighted by Crippen LogP contribution is -2.42. The summed E-state index contributed by atoms with van der Waals surface area (Å²) in [7, 11) is 0. The zero-order chi connectivity index (χ0) is 11.3. The molecule has 0 saturated carbocycles. The van der Waals surface area contributed by atoms with E-state index in [1.165, 1.54) is 0 Å². The first-order valence-corrected chi connectivity index (χ1v) is 4.84. The predicted molar refractivity (Wildman–Crippen MR) is 58.1 cm³/mol. The van der Waals surface area contributed by atoms with Crippen LogP contribution in [0.1, 0.15) is 11.1 Å². The van der Waals surface area contributed by atoms with Crippen LogP contribution in [0.25, 0.3) is 0 Å². The van der Waals surface area contributed by atoms with E-state index in [0.29, 0.717) is 6.54 Å². The largest absolute Gasteiger partial charge is 0.394 e. The lowest BCUT2D eigenvalue weighted by molar-refractivity contribution is -0.123. The van der Waals surface area contributed by atoms with Gasteiger partial charge in [0, 0.05) is 6.54 Å². The third-order valence-electron chi connectivity index (χ3n) is 2.25. The summed E-state index contributed by atoms with van der Waals surface area (Å²) in [6.45, 7) is 2.09. The molecule has 15 heavy (non-hydrogen) atoms. The first kappa shape index (κ1) is 11.7. The number of amides is 1. The fraction of sp³-hybridized carbons (Fsp3) is 0.364. The second kappa shape index (κ2) is 5.48. The van der Waals surface area contributed by atoms with Crippen molar-refractivity contribution in [1.82, 2.24) is 5.32 Å². The molecule has 4 nitrogen and oxygen atoms in total. The number of aliphatic hydroxyl groups excluding tert-OH is 1. The summed E-state index contributed by atoms with van der Waals surface area (Å²) in [5.74, 6) is -0.333. The van der Waals surface area contributed by atoms with Crippen molar-refractivity contribution in [3.05, 3.63) is 35.4 Å². The minimum Gasteiger partial charge on any atom is -0.394 e. The number of aryl methyl sites for hydroxylation is 1. The number of nitrogens with two attached hydrogens (primary N) is 1. The van der Waals surface area contributed by atoms with Crippen LogP contribution in [0.3, 0.4) is 0 Å². The van der Waals surface area contributed by atoms with E-state index in [9.17, 15) is 4.79 Å². The lowest BCUT2D eigenvalue weighted by atomic mass is 10.1. The monoisotopic (exact) mass is 208 g/mol. The van der Waals surface area contributed by atoms with E-state index in [4.69, 9.17) is 10.8 Å². The summed E-state index contributed by atoms with van der Waals surface area (Å²) in [4.78, 5) is 11.3. The fourth-order valence-electron chi connectivity index (χ4n) is 1.20. The van der Waals surface area contributed by atoms with E-state index in [1.807, 2.05) is 31.2 Å². The quantitative estimate of drug-likeness (QED) is 0.648. The molecule has 0 spiro atoms. The molecule has 4 N–H and O–H groups in total. The average Bonchev–Trinajstić information content (AvgIpc) is 2.26. The smallest absolute Gasteiger partial charge is 0.239 e. The predicted octanol–water partition coefficient (Wildman–Crippen LogP) is -0.0692. The Morgan fingerprint density at radius 2 is 2.20 bits per heavy atom. The van der Waals surface area contributed by atoms with E-state index in [1.54, 1.807) is 0 Å². The molecule has 0 bridgehead atoms. The van der Waals surface area contributed by atoms with Gasteiger partial charge in [-0.2, -0.15) is 0 Å². The van der Waals surface area contributed by atoms with Gasteiger partial charge in [0.25, 0.3) is 0 Å². The fourth-order valence-corrected chi connectivity index (χ4v) is 1.20. The topological polar surface area (TPSA) is 75.4 Å². The number of hydrogen-bond acceptors (Lipinski definition) is 3. The van der Waals surface area contributed by atoms with Crippen molar-refractivity contribution >= 4 is 5.91 Å². The number of carbonyl (C=O) groups excluding carboxylic acids is 1. The lowest BCUT2D eigenvalue weighted by Gasteiger charge is -2.10. The Balaban J connectivity index is 2.51. The van der Waals surface area contributed by atoms with Gasteiger partial charge in [0.1, 0.15) is 6.04 Å². The normalized spacial score (nSPS) is 12.2. The summed E-state index contributed by atoms with van der Waals surface area (Å²) in [5, 5.41) is 11.3. The number of carbonyl (C=O) groups is 1. The maximum absolute atomic E-state index is 11.3. The zero-order valence-corrected chi connectivity index (χ0v) is 8.73. The van der Waals surface area contributed by atoms with Gasteiger partial charge in [0.05, 0.1) is 6.61 Å². The highest BCUT2D eigenvalue weighted by atomic mass is 16.3. The molecule has 1 aromatic rings. The molecule has 0 aliphatic heterocycles. The highest BCUT2D eigenvalue weighted by molar-refractivity contribution is 5.81. The first-order chi connectivity index (χ1) is 7.15. The molecule has 1 rings (SSSR count). The minimum absolute atomic E-state index is 0.333. The standard InChI is InChI=1S/C11H16N2O2/c1-8-4-2-3-5-9(8)6-13-11(15)10(12)7-14/h2-5,10,14H,6-7,12H2,1H3,(H,13,15)/t10-/m0/s1. The van der Waals surface area contributed by atoms with Crippen molar-refractivity contribution in [3.63, 3.8) is 0 Å². The van der Waals surface area contributed by atoms with Gasteiger partial charge in [-0.25, -0.2) is 0 Å². The van der Waals surface area contributed by atoms with Gasteiger partial charge >= 0.3 is 0 Å². The SMILES string of the molecule is Cc1ccccc1CNC(=O)[C@@H](N)CO. The Hall–Kier alpha value is -1.39. The molecule has 0 aromatic heterocycles. The van der Waals surface area contributed by atoms with Crippen molar-refractivity contribution in [2.75, 3.05) is 6.61 Å². The number of aliphatic hydroxyl groups is 1. The van der Waals surface area contributed by atoms with Gasteiger partial charge in [-0.1, -0.05) is 24.3 Å². The zero-order valence-electron chi connectivity index (χ0n) is 8.73. The number of nitrogens with one attached hydrogen (secondary N) is 1. The summed E-state index contributed by atoms with van der Waals surface area (Å²) in [6, 6.07) is 6.95. The van der Waals surface area contributed by atoms with Gasteiger partial charge in [-0.3, -0.25) is 4.79 Å². The van der Waals surface area contributed by atoms with E-state index < -0.39 is 6.04 Å². The third kappa shape index (κ3) is 3.34. The van der Waals surface area contributed by atoms with E-state index in [2.05, 4.69) is 5.32 Å². The van der Waals surface area contributed by atoms with Crippen LogP contribution in [0.4, 0.5) is 0 Å². The molecule has 1 atom stereocenters.